The van der Waals surface area contributed by atoms with Crippen LogP contribution in [0.4, 0.5) is 14.5 Å². The van der Waals surface area contributed by atoms with E-state index in [-0.39, 0.29) is 24.4 Å². The molecular weight excluding hydrogens is 438 g/mol. The fourth-order valence-electron chi connectivity index (χ4n) is 5.32. The maximum Gasteiger partial charge on any atom is 0.234 e. The molecular formula is C26H34F2N4O2. The molecule has 34 heavy (non-hydrogen) atoms. The van der Waals surface area contributed by atoms with Crippen molar-refractivity contribution in [1.29, 1.82) is 0 Å². The first kappa shape index (κ1) is 24.4. The third-order valence-corrected chi connectivity index (χ3v) is 7.31. The summed E-state index contributed by atoms with van der Waals surface area (Å²) in [5.74, 6) is -2.80. The van der Waals surface area contributed by atoms with Gasteiger partial charge in [0, 0.05) is 37.0 Å². The van der Waals surface area contributed by atoms with Crippen molar-refractivity contribution in [2.24, 2.45) is 5.92 Å². The number of halogens is 2. The zero-order valence-corrected chi connectivity index (χ0v) is 20.0. The average Bonchev–Trinajstić information content (AvgIpc) is 3.28. The molecule has 6 nitrogen and oxygen atoms in total. The average molecular weight is 473 g/mol. The number of piperidine rings is 2. The zero-order valence-electron chi connectivity index (χ0n) is 20.0. The molecule has 0 aliphatic carbocycles. The first-order valence-electron chi connectivity index (χ1n) is 12.5. The minimum absolute atomic E-state index is 0.0808. The number of rotatable bonds is 8. The number of nitrogens with one attached hydrogen (secondary N) is 1. The SMILES string of the molecule is CCCC(CC)Cc1cnn(C2CCN(c3cc(F)c(C4CCC(=O)NC4=O)c(F)c3)CC2)c1. The lowest BCUT2D eigenvalue weighted by Crippen LogP contribution is -2.40. The number of aromatic nitrogens is 2. The van der Waals surface area contributed by atoms with Crippen molar-refractivity contribution in [3.05, 3.63) is 47.3 Å². The minimum atomic E-state index is -0.976. The predicted molar refractivity (Wildman–Crippen MR) is 127 cm³/mol. The lowest BCUT2D eigenvalue weighted by molar-refractivity contribution is -0.134. The van der Waals surface area contributed by atoms with E-state index < -0.39 is 29.4 Å². The number of hydrogen-bond donors (Lipinski definition) is 1. The van der Waals surface area contributed by atoms with Crippen molar-refractivity contribution in [3.63, 3.8) is 0 Å². The summed E-state index contributed by atoms with van der Waals surface area (Å²) >= 11 is 0. The molecule has 0 radical (unpaired) electrons. The summed E-state index contributed by atoms with van der Waals surface area (Å²) in [5.41, 5.74) is 1.51. The molecule has 0 spiro atoms. The largest absolute Gasteiger partial charge is 0.371 e. The Labute approximate surface area is 199 Å². The molecule has 2 aliphatic rings. The van der Waals surface area contributed by atoms with Crippen molar-refractivity contribution in [2.75, 3.05) is 18.0 Å². The van der Waals surface area contributed by atoms with Gasteiger partial charge in [0.05, 0.1) is 18.2 Å². The standard InChI is InChI=1S/C26H34F2N4O2/c1-3-5-17(4-2)12-18-15-29-32(16-18)19-8-10-31(11-9-19)20-13-22(27)25(23(28)14-20)21-6-7-24(33)30-26(21)34/h13-17,19,21H,3-12H2,1-2H3,(H,30,33,34). The van der Waals surface area contributed by atoms with E-state index in [2.05, 4.69) is 35.1 Å². The van der Waals surface area contributed by atoms with Gasteiger partial charge in [0.25, 0.3) is 0 Å². The number of carbonyl (C=O) groups excluding carboxylic acids is 2. The number of amides is 2. The second-order valence-corrected chi connectivity index (χ2v) is 9.64. The molecule has 0 saturated carbocycles. The third kappa shape index (κ3) is 5.31. The van der Waals surface area contributed by atoms with Crippen LogP contribution in [0.25, 0.3) is 0 Å². The summed E-state index contributed by atoms with van der Waals surface area (Å²) in [4.78, 5) is 25.4. The lowest BCUT2D eigenvalue weighted by Gasteiger charge is -2.34. The van der Waals surface area contributed by atoms with E-state index in [0.29, 0.717) is 24.7 Å². The van der Waals surface area contributed by atoms with Crippen LogP contribution in [0.5, 0.6) is 0 Å². The van der Waals surface area contributed by atoms with Gasteiger partial charge in [0.15, 0.2) is 0 Å². The van der Waals surface area contributed by atoms with Crippen molar-refractivity contribution in [3.8, 4) is 0 Å². The summed E-state index contributed by atoms with van der Waals surface area (Å²) in [5, 5.41) is 6.78. The van der Waals surface area contributed by atoms with Gasteiger partial charge in [0.1, 0.15) is 11.6 Å². The molecule has 4 rings (SSSR count). The summed E-state index contributed by atoms with van der Waals surface area (Å²) in [6.07, 6.45) is 10.7. The Balaban J connectivity index is 1.39. The van der Waals surface area contributed by atoms with Crippen LogP contribution in [0, 0.1) is 17.6 Å². The second kappa shape index (κ2) is 10.7. The Hall–Kier alpha value is -2.77. The van der Waals surface area contributed by atoms with Crippen molar-refractivity contribution in [2.45, 2.75) is 77.2 Å². The van der Waals surface area contributed by atoms with E-state index in [9.17, 15) is 18.4 Å². The number of hydrogen-bond acceptors (Lipinski definition) is 4. The summed E-state index contributed by atoms with van der Waals surface area (Å²) in [7, 11) is 0. The Morgan fingerprint density at radius 1 is 1.12 bits per heavy atom. The Morgan fingerprint density at radius 3 is 2.44 bits per heavy atom. The molecule has 1 N–H and O–H groups in total. The molecule has 1 aromatic carbocycles. The Morgan fingerprint density at radius 2 is 1.82 bits per heavy atom. The van der Waals surface area contributed by atoms with E-state index in [4.69, 9.17) is 0 Å². The van der Waals surface area contributed by atoms with Crippen LogP contribution in [0.2, 0.25) is 0 Å². The van der Waals surface area contributed by atoms with Crippen LogP contribution >= 0.6 is 0 Å². The summed E-state index contributed by atoms with van der Waals surface area (Å²) in [6, 6.07) is 2.90. The van der Waals surface area contributed by atoms with Gasteiger partial charge in [-0.3, -0.25) is 19.6 Å². The minimum Gasteiger partial charge on any atom is -0.371 e. The van der Waals surface area contributed by atoms with E-state index in [1.165, 1.54) is 37.0 Å². The van der Waals surface area contributed by atoms with Gasteiger partial charge in [-0.15, -0.1) is 0 Å². The van der Waals surface area contributed by atoms with Crippen molar-refractivity contribution >= 4 is 17.5 Å². The Bertz CT molecular complexity index is 1010. The highest BCUT2D eigenvalue weighted by Gasteiger charge is 2.33. The van der Waals surface area contributed by atoms with Crippen molar-refractivity contribution < 1.29 is 18.4 Å². The van der Waals surface area contributed by atoms with Crippen LogP contribution in [-0.2, 0) is 16.0 Å². The van der Waals surface area contributed by atoms with Crippen molar-refractivity contribution in [1.82, 2.24) is 15.1 Å². The van der Waals surface area contributed by atoms with Gasteiger partial charge in [-0.05, 0) is 49.3 Å². The van der Waals surface area contributed by atoms with E-state index in [1.807, 2.05) is 11.1 Å². The molecule has 2 fully saturated rings. The van der Waals surface area contributed by atoms with Gasteiger partial charge in [-0.1, -0.05) is 33.1 Å². The maximum atomic E-state index is 14.9. The predicted octanol–water partition coefficient (Wildman–Crippen LogP) is 4.89. The molecule has 2 unspecified atom stereocenters. The van der Waals surface area contributed by atoms with E-state index in [1.54, 1.807) is 0 Å². The van der Waals surface area contributed by atoms with Crippen LogP contribution in [0.15, 0.2) is 24.5 Å². The molecule has 8 heteroatoms. The number of nitrogens with zero attached hydrogens (tertiary/aromatic N) is 3. The van der Waals surface area contributed by atoms with Crippen LogP contribution in [0.3, 0.4) is 0 Å². The first-order valence-corrected chi connectivity index (χ1v) is 12.5. The Kier molecular flexibility index (Phi) is 7.63. The number of benzene rings is 1. The molecule has 2 saturated heterocycles. The summed E-state index contributed by atoms with van der Waals surface area (Å²) < 4.78 is 31.9. The molecule has 2 amide bonds. The molecule has 0 bridgehead atoms. The highest BCUT2D eigenvalue weighted by atomic mass is 19.1. The van der Waals surface area contributed by atoms with Crippen LogP contribution in [0.1, 0.15) is 81.9 Å². The molecule has 2 aliphatic heterocycles. The lowest BCUT2D eigenvalue weighted by atomic mass is 9.89. The van der Waals surface area contributed by atoms with Crippen LogP contribution < -0.4 is 10.2 Å². The quantitative estimate of drug-likeness (QED) is 0.556. The molecule has 3 heterocycles. The fraction of sp³-hybridized carbons (Fsp3) is 0.577. The third-order valence-electron chi connectivity index (χ3n) is 7.31. The number of imide groups is 1. The van der Waals surface area contributed by atoms with Gasteiger partial charge in [0.2, 0.25) is 11.8 Å². The highest BCUT2D eigenvalue weighted by molar-refractivity contribution is 6.01. The zero-order chi connectivity index (χ0) is 24.2. The smallest absolute Gasteiger partial charge is 0.234 e. The molecule has 2 aromatic rings. The summed E-state index contributed by atoms with van der Waals surface area (Å²) in [6.45, 7) is 5.80. The highest BCUT2D eigenvalue weighted by Crippen LogP contribution is 2.34. The van der Waals surface area contributed by atoms with E-state index >= 15 is 0 Å². The maximum absolute atomic E-state index is 14.9. The van der Waals surface area contributed by atoms with E-state index in [0.717, 1.165) is 19.3 Å². The topological polar surface area (TPSA) is 67.2 Å². The first-order chi connectivity index (χ1) is 16.4. The molecule has 2 atom stereocenters. The van der Waals surface area contributed by atoms with Crippen LogP contribution in [-0.4, -0.2) is 34.7 Å². The molecule has 184 valence electrons. The molecule has 1 aromatic heterocycles. The van der Waals surface area contributed by atoms with Gasteiger partial charge >= 0.3 is 0 Å². The van der Waals surface area contributed by atoms with Gasteiger partial charge < -0.3 is 4.90 Å². The second-order valence-electron chi connectivity index (χ2n) is 9.64. The normalized spacial score (nSPS) is 20.5. The monoisotopic (exact) mass is 472 g/mol. The van der Waals surface area contributed by atoms with Gasteiger partial charge in [-0.2, -0.15) is 5.10 Å². The fourth-order valence-corrected chi connectivity index (χ4v) is 5.32. The number of carbonyl (C=O) groups is 2. The number of anilines is 1. The van der Waals surface area contributed by atoms with Gasteiger partial charge in [-0.25, -0.2) is 8.78 Å².